The fourth-order valence-corrected chi connectivity index (χ4v) is 0.964. The molecule has 3 heteroatoms. The van der Waals surface area contributed by atoms with Crippen molar-refractivity contribution in [3.63, 3.8) is 0 Å². The molecule has 0 amide bonds. The van der Waals surface area contributed by atoms with Gasteiger partial charge in [-0.1, -0.05) is 6.92 Å². The molecule has 1 N–H and O–H groups in total. The first-order valence-electron chi connectivity index (χ1n) is 3.58. The topological polar surface area (TPSA) is 49.8 Å². The van der Waals surface area contributed by atoms with Crippen molar-refractivity contribution >= 4 is 5.97 Å². The second kappa shape index (κ2) is 3.01. The van der Waals surface area contributed by atoms with Crippen LogP contribution >= 0.6 is 0 Å². The van der Waals surface area contributed by atoms with E-state index in [1.165, 1.54) is 0 Å². The van der Waals surface area contributed by atoms with Crippen LogP contribution in [0.2, 0.25) is 0 Å². The van der Waals surface area contributed by atoms with E-state index in [1.807, 2.05) is 6.92 Å². The summed E-state index contributed by atoms with van der Waals surface area (Å²) >= 11 is 0. The fourth-order valence-electron chi connectivity index (χ4n) is 0.964. The van der Waals surface area contributed by atoms with Gasteiger partial charge >= 0.3 is 5.97 Å². The average Bonchev–Trinajstić information content (AvgIpc) is 2.64. The second-order valence-electron chi connectivity index (χ2n) is 2.63. The second-order valence-corrected chi connectivity index (χ2v) is 2.63. The molecule has 1 fully saturated rings. The third-order valence-electron chi connectivity index (χ3n) is 1.79. The Labute approximate surface area is 60.0 Å². The molecule has 0 aliphatic carbocycles. The number of carboxylic acids is 1. The van der Waals surface area contributed by atoms with E-state index in [-0.39, 0.29) is 12.0 Å². The van der Waals surface area contributed by atoms with Crippen LogP contribution in [0.15, 0.2) is 0 Å². The molecule has 1 heterocycles. The summed E-state index contributed by atoms with van der Waals surface area (Å²) in [6, 6.07) is 0. The monoisotopic (exact) mass is 144 g/mol. The Morgan fingerprint density at radius 3 is 2.80 bits per heavy atom. The van der Waals surface area contributed by atoms with Gasteiger partial charge in [-0.2, -0.15) is 0 Å². The van der Waals surface area contributed by atoms with E-state index in [4.69, 9.17) is 9.84 Å². The number of carbonyl (C=O) groups is 1. The van der Waals surface area contributed by atoms with Gasteiger partial charge in [0.2, 0.25) is 0 Å². The van der Waals surface area contributed by atoms with Crippen molar-refractivity contribution in [3.8, 4) is 0 Å². The van der Waals surface area contributed by atoms with Crippen LogP contribution < -0.4 is 0 Å². The zero-order chi connectivity index (χ0) is 7.56. The van der Waals surface area contributed by atoms with Gasteiger partial charge in [0.15, 0.2) is 0 Å². The summed E-state index contributed by atoms with van der Waals surface area (Å²) in [6.45, 7) is 2.64. The molecule has 2 atom stereocenters. The minimum atomic E-state index is -0.696. The van der Waals surface area contributed by atoms with Gasteiger partial charge in [-0.25, -0.2) is 0 Å². The number of aliphatic carboxylic acids is 1. The minimum absolute atomic E-state index is 0.201. The van der Waals surface area contributed by atoms with Gasteiger partial charge < -0.3 is 9.84 Å². The summed E-state index contributed by atoms with van der Waals surface area (Å²) in [7, 11) is 0. The van der Waals surface area contributed by atoms with E-state index in [0.717, 1.165) is 6.61 Å². The first-order chi connectivity index (χ1) is 4.74. The molecule has 3 nitrogen and oxygen atoms in total. The molecular formula is C7H12O3. The summed E-state index contributed by atoms with van der Waals surface area (Å²) in [5, 5.41) is 8.59. The van der Waals surface area contributed by atoms with Crippen molar-refractivity contribution in [2.45, 2.75) is 25.9 Å². The van der Waals surface area contributed by atoms with E-state index in [0.29, 0.717) is 12.8 Å². The van der Waals surface area contributed by atoms with E-state index in [2.05, 4.69) is 0 Å². The Morgan fingerprint density at radius 2 is 2.50 bits per heavy atom. The van der Waals surface area contributed by atoms with E-state index >= 15 is 0 Å². The quantitative estimate of drug-likeness (QED) is 0.596. The summed E-state index contributed by atoms with van der Waals surface area (Å²) in [5.41, 5.74) is 0. The SMILES string of the molecule is CCC(C[C@H]1CO1)C(=O)O. The highest BCUT2D eigenvalue weighted by molar-refractivity contribution is 5.69. The Balaban J connectivity index is 2.24. The summed E-state index contributed by atoms with van der Waals surface area (Å²) in [6.07, 6.45) is 1.63. The Hall–Kier alpha value is -0.570. The van der Waals surface area contributed by atoms with Gasteiger partial charge in [-0.3, -0.25) is 4.79 Å². The van der Waals surface area contributed by atoms with Crippen molar-refractivity contribution in [2.24, 2.45) is 5.92 Å². The Kier molecular flexibility index (Phi) is 2.27. The third-order valence-corrected chi connectivity index (χ3v) is 1.79. The molecule has 0 aromatic rings. The summed E-state index contributed by atoms with van der Waals surface area (Å²) < 4.78 is 4.93. The largest absolute Gasteiger partial charge is 0.481 e. The molecule has 0 aromatic carbocycles. The number of ether oxygens (including phenoxy) is 1. The van der Waals surface area contributed by atoms with Crippen molar-refractivity contribution in [3.05, 3.63) is 0 Å². The molecular weight excluding hydrogens is 132 g/mol. The number of hydrogen-bond donors (Lipinski definition) is 1. The molecule has 10 heavy (non-hydrogen) atoms. The van der Waals surface area contributed by atoms with Crippen LogP contribution in [0.4, 0.5) is 0 Å². The maximum absolute atomic E-state index is 10.4. The van der Waals surface area contributed by atoms with Crippen molar-refractivity contribution in [1.82, 2.24) is 0 Å². The Bertz CT molecular complexity index is 129. The number of rotatable bonds is 4. The smallest absolute Gasteiger partial charge is 0.306 e. The van der Waals surface area contributed by atoms with Crippen LogP contribution in [0.5, 0.6) is 0 Å². The van der Waals surface area contributed by atoms with Gasteiger partial charge in [0.05, 0.1) is 18.6 Å². The minimum Gasteiger partial charge on any atom is -0.481 e. The van der Waals surface area contributed by atoms with Gasteiger partial charge in [0.25, 0.3) is 0 Å². The van der Waals surface area contributed by atoms with Crippen molar-refractivity contribution < 1.29 is 14.6 Å². The van der Waals surface area contributed by atoms with Crippen LogP contribution in [0, 0.1) is 5.92 Å². The number of hydrogen-bond acceptors (Lipinski definition) is 2. The maximum Gasteiger partial charge on any atom is 0.306 e. The molecule has 0 bridgehead atoms. The molecule has 0 radical (unpaired) electrons. The number of epoxide rings is 1. The average molecular weight is 144 g/mol. The lowest BCUT2D eigenvalue weighted by Gasteiger charge is -2.05. The predicted octanol–water partition coefficient (Wildman–Crippen LogP) is 0.886. The van der Waals surface area contributed by atoms with Crippen molar-refractivity contribution in [1.29, 1.82) is 0 Å². The Morgan fingerprint density at radius 1 is 1.90 bits per heavy atom. The summed E-state index contributed by atoms with van der Waals surface area (Å²) in [4.78, 5) is 10.4. The van der Waals surface area contributed by atoms with Crippen LogP contribution in [-0.4, -0.2) is 23.8 Å². The number of carboxylic acid groups (broad SMARTS) is 1. The molecule has 1 aliphatic heterocycles. The van der Waals surface area contributed by atoms with Crippen LogP contribution in [0.25, 0.3) is 0 Å². The van der Waals surface area contributed by atoms with E-state index < -0.39 is 5.97 Å². The standard InChI is InChI=1S/C7H12O3/c1-2-5(7(8)9)3-6-4-10-6/h5-6H,2-4H2,1H3,(H,8,9)/t5?,6-/m0/s1. The molecule has 0 spiro atoms. The van der Waals surface area contributed by atoms with E-state index in [1.54, 1.807) is 0 Å². The maximum atomic E-state index is 10.4. The van der Waals surface area contributed by atoms with Crippen LogP contribution in [-0.2, 0) is 9.53 Å². The highest BCUT2D eigenvalue weighted by Gasteiger charge is 2.28. The van der Waals surface area contributed by atoms with Crippen LogP contribution in [0.3, 0.4) is 0 Å². The third kappa shape index (κ3) is 1.99. The zero-order valence-electron chi connectivity index (χ0n) is 6.04. The fraction of sp³-hybridized carbons (Fsp3) is 0.857. The lowest BCUT2D eigenvalue weighted by atomic mass is 10.0. The van der Waals surface area contributed by atoms with Gasteiger partial charge in [-0.15, -0.1) is 0 Å². The van der Waals surface area contributed by atoms with Gasteiger partial charge in [0, 0.05) is 0 Å². The molecule has 58 valence electrons. The highest BCUT2D eigenvalue weighted by Crippen LogP contribution is 2.21. The highest BCUT2D eigenvalue weighted by atomic mass is 16.6. The first kappa shape index (κ1) is 7.54. The van der Waals surface area contributed by atoms with Gasteiger partial charge in [0.1, 0.15) is 0 Å². The molecule has 1 unspecified atom stereocenters. The lowest BCUT2D eigenvalue weighted by molar-refractivity contribution is -0.142. The normalized spacial score (nSPS) is 25.9. The van der Waals surface area contributed by atoms with Gasteiger partial charge in [-0.05, 0) is 12.8 Å². The molecule has 1 aliphatic rings. The van der Waals surface area contributed by atoms with Crippen LogP contribution in [0.1, 0.15) is 19.8 Å². The van der Waals surface area contributed by atoms with E-state index in [9.17, 15) is 4.79 Å². The first-order valence-corrected chi connectivity index (χ1v) is 3.58. The van der Waals surface area contributed by atoms with Crippen molar-refractivity contribution in [2.75, 3.05) is 6.61 Å². The molecule has 1 saturated heterocycles. The zero-order valence-corrected chi connectivity index (χ0v) is 6.04. The molecule has 1 rings (SSSR count). The molecule has 0 aromatic heterocycles. The molecule has 0 saturated carbocycles. The lowest BCUT2D eigenvalue weighted by Crippen LogP contribution is -2.14. The predicted molar refractivity (Wildman–Crippen MR) is 35.8 cm³/mol. The summed E-state index contributed by atoms with van der Waals surface area (Å²) in [5.74, 6) is -0.898.